The van der Waals surface area contributed by atoms with Gasteiger partial charge in [0.1, 0.15) is 18.0 Å². The fraction of sp³-hybridized carbons (Fsp3) is 0.240. The SMILES string of the molecule is COC(=O)CNC(=O)COc1ccc(C)cc1-c1noc2cc(F)c(-n3c(=O)cc(C)n(C)c3=O)cc12. The molecule has 11 nitrogen and oxygen atoms in total. The highest BCUT2D eigenvalue weighted by Crippen LogP contribution is 2.36. The van der Waals surface area contributed by atoms with Gasteiger partial charge in [0, 0.05) is 30.4 Å². The molecule has 2 heterocycles. The lowest BCUT2D eigenvalue weighted by atomic mass is 10.0. The molecule has 0 radical (unpaired) electrons. The van der Waals surface area contributed by atoms with Crippen molar-refractivity contribution in [3.05, 3.63) is 74.3 Å². The Balaban J connectivity index is 1.77. The molecule has 0 aliphatic heterocycles. The first-order valence-corrected chi connectivity index (χ1v) is 11.1. The maximum absolute atomic E-state index is 15.0. The number of ether oxygens (including phenoxy) is 2. The van der Waals surface area contributed by atoms with Crippen LogP contribution in [0.3, 0.4) is 0 Å². The van der Waals surface area contributed by atoms with Crippen LogP contribution in [-0.2, 0) is 21.4 Å². The number of esters is 1. The summed E-state index contributed by atoms with van der Waals surface area (Å²) < 4.78 is 32.5. The van der Waals surface area contributed by atoms with Crippen LogP contribution in [0.15, 0.2) is 50.5 Å². The van der Waals surface area contributed by atoms with Crippen molar-refractivity contribution in [2.24, 2.45) is 7.05 Å². The van der Waals surface area contributed by atoms with Crippen LogP contribution in [0.5, 0.6) is 5.75 Å². The van der Waals surface area contributed by atoms with Gasteiger partial charge in [0.05, 0.1) is 18.2 Å². The minimum atomic E-state index is -0.846. The van der Waals surface area contributed by atoms with E-state index in [2.05, 4.69) is 15.2 Å². The molecule has 0 saturated heterocycles. The maximum atomic E-state index is 15.0. The lowest BCUT2D eigenvalue weighted by molar-refractivity contribution is -0.141. The number of nitrogens with one attached hydrogen (secondary N) is 1. The van der Waals surface area contributed by atoms with Gasteiger partial charge in [-0.3, -0.25) is 14.4 Å². The Hall–Kier alpha value is -4.74. The van der Waals surface area contributed by atoms with Crippen LogP contribution in [0.1, 0.15) is 11.3 Å². The zero-order valence-electron chi connectivity index (χ0n) is 20.5. The molecule has 0 bridgehead atoms. The lowest BCUT2D eigenvalue weighted by Crippen LogP contribution is -2.38. The molecule has 0 saturated carbocycles. The predicted molar refractivity (Wildman–Crippen MR) is 130 cm³/mol. The summed E-state index contributed by atoms with van der Waals surface area (Å²) in [5, 5.41) is 6.75. The van der Waals surface area contributed by atoms with Crippen molar-refractivity contribution in [2.45, 2.75) is 13.8 Å². The number of aromatic nitrogens is 3. The Kier molecular flexibility index (Phi) is 6.92. The zero-order valence-corrected chi connectivity index (χ0v) is 20.5. The quantitative estimate of drug-likeness (QED) is 0.372. The summed E-state index contributed by atoms with van der Waals surface area (Å²) in [5.74, 6) is -1.74. The molecule has 37 heavy (non-hydrogen) atoms. The van der Waals surface area contributed by atoms with Gasteiger partial charge in [0.25, 0.3) is 11.5 Å². The molecule has 192 valence electrons. The summed E-state index contributed by atoms with van der Waals surface area (Å²) >= 11 is 0. The second kappa shape index (κ2) is 10.1. The number of halogens is 1. The van der Waals surface area contributed by atoms with Crippen molar-refractivity contribution >= 4 is 22.8 Å². The van der Waals surface area contributed by atoms with Crippen molar-refractivity contribution < 1.29 is 28.0 Å². The molecule has 0 aliphatic rings. The smallest absolute Gasteiger partial charge is 0.335 e. The normalized spacial score (nSPS) is 10.9. The van der Waals surface area contributed by atoms with Crippen LogP contribution in [0.4, 0.5) is 4.39 Å². The van der Waals surface area contributed by atoms with E-state index in [-0.39, 0.29) is 29.3 Å². The highest BCUT2D eigenvalue weighted by molar-refractivity contribution is 5.94. The van der Waals surface area contributed by atoms with Gasteiger partial charge in [-0.1, -0.05) is 16.8 Å². The van der Waals surface area contributed by atoms with Crippen molar-refractivity contribution in [3.8, 4) is 22.7 Å². The third kappa shape index (κ3) is 4.99. The minimum Gasteiger partial charge on any atom is -0.483 e. The van der Waals surface area contributed by atoms with Crippen LogP contribution in [0, 0.1) is 19.7 Å². The van der Waals surface area contributed by atoms with Gasteiger partial charge < -0.3 is 23.9 Å². The fourth-order valence-corrected chi connectivity index (χ4v) is 3.66. The Labute approximate surface area is 209 Å². The molecular formula is C25H23FN4O7. The average molecular weight is 510 g/mol. The number of fused-ring (bicyclic) bond motifs is 1. The lowest BCUT2D eigenvalue weighted by Gasteiger charge is -2.12. The summed E-state index contributed by atoms with van der Waals surface area (Å²) in [6.45, 7) is 2.72. The molecule has 0 spiro atoms. The molecule has 4 aromatic rings. The second-order valence-corrected chi connectivity index (χ2v) is 8.27. The second-order valence-electron chi connectivity index (χ2n) is 8.27. The number of hydrogen-bond donors (Lipinski definition) is 1. The molecule has 0 fully saturated rings. The Morgan fingerprint density at radius 3 is 2.62 bits per heavy atom. The number of carbonyl (C=O) groups is 2. The number of methoxy groups -OCH3 is 1. The molecule has 0 unspecified atom stereocenters. The van der Waals surface area contributed by atoms with Crippen LogP contribution in [-0.4, -0.2) is 46.4 Å². The van der Waals surface area contributed by atoms with E-state index >= 15 is 4.39 Å². The highest BCUT2D eigenvalue weighted by atomic mass is 19.1. The first kappa shape index (κ1) is 25.4. The first-order chi connectivity index (χ1) is 17.6. The van der Waals surface area contributed by atoms with Crippen LogP contribution >= 0.6 is 0 Å². The number of aryl methyl sites for hydroxylation is 2. The number of hydrogen-bond acceptors (Lipinski definition) is 8. The van der Waals surface area contributed by atoms with E-state index in [0.29, 0.717) is 16.6 Å². The highest BCUT2D eigenvalue weighted by Gasteiger charge is 2.21. The molecule has 4 rings (SSSR count). The number of benzene rings is 2. The fourth-order valence-electron chi connectivity index (χ4n) is 3.66. The third-order valence-electron chi connectivity index (χ3n) is 5.75. The van der Waals surface area contributed by atoms with Gasteiger partial charge in [0.2, 0.25) is 0 Å². The Bertz CT molecular complexity index is 1650. The Morgan fingerprint density at radius 1 is 1.14 bits per heavy atom. The van der Waals surface area contributed by atoms with Gasteiger partial charge in [-0.05, 0) is 32.0 Å². The van der Waals surface area contributed by atoms with Gasteiger partial charge in [-0.25, -0.2) is 13.8 Å². The topological polar surface area (TPSA) is 135 Å². The zero-order chi connectivity index (χ0) is 26.9. The van der Waals surface area contributed by atoms with Gasteiger partial charge in [-0.2, -0.15) is 0 Å². The van der Waals surface area contributed by atoms with Crippen molar-refractivity contribution in [1.29, 1.82) is 0 Å². The number of nitrogens with zero attached hydrogens (tertiary/aromatic N) is 3. The van der Waals surface area contributed by atoms with E-state index < -0.39 is 35.5 Å². The maximum Gasteiger partial charge on any atom is 0.335 e. The van der Waals surface area contributed by atoms with E-state index in [1.54, 1.807) is 25.1 Å². The van der Waals surface area contributed by atoms with Crippen LogP contribution in [0.2, 0.25) is 0 Å². The van der Waals surface area contributed by atoms with E-state index in [1.165, 1.54) is 30.9 Å². The molecule has 1 amide bonds. The third-order valence-corrected chi connectivity index (χ3v) is 5.75. The summed E-state index contributed by atoms with van der Waals surface area (Å²) in [6.07, 6.45) is 0. The number of carbonyl (C=O) groups excluding carboxylic acids is 2. The molecule has 2 aromatic heterocycles. The van der Waals surface area contributed by atoms with Gasteiger partial charge in [-0.15, -0.1) is 0 Å². The van der Waals surface area contributed by atoms with Crippen LogP contribution < -0.4 is 21.3 Å². The number of rotatable bonds is 7. The molecular weight excluding hydrogens is 487 g/mol. The summed E-state index contributed by atoms with van der Waals surface area (Å²) in [6, 6.07) is 8.71. The van der Waals surface area contributed by atoms with Crippen LogP contribution in [0.25, 0.3) is 27.9 Å². The van der Waals surface area contributed by atoms with E-state index in [9.17, 15) is 19.2 Å². The van der Waals surface area contributed by atoms with Crippen molar-refractivity contribution in [3.63, 3.8) is 0 Å². The van der Waals surface area contributed by atoms with Crippen molar-refractivity contribution in [1.82, 2.24) is 19.6 Å². The molecule has 1 N–H and O–H groups in total. The summed E-state index contributed by atoms with van der Waals surface area (Å²) in [5.41, 5.74) is 0.364. The van der Waals surface area contributed by atoms with Gasteiger partial charge in [0.15, 0.2) is 18.0 Å². The first-order valence-electron chi connectivity index (χ1n) is 11.1. The largest absolute Gasteiger partial charge is 0.483 e. The van der Waals surface area contributed by atoms with E-state index in [4.69, 9.17) is 9.26 Å². The number of amides is 1. The Morgan fingerprint density at radius 2 is 1.89 bits per heavy atom. The molecule has 12 heteroatoms. The average Bonchev–Trinajstić information content (AvgIpc) is 3.27. The molecule has 0 aliphatic carbocycles. The summed E-state index contributed by atoms with van der Waals surface area (Å²) in [7, 11) is 2.68. The van der Waals surface area contributed by atoms with Crippen molar-refractivity contribution in [2.75, 3.05) is 20.3 Å². The monoisotopic (exact) mass is 510 g/mol. The predicted octanol–water partition coefficient (Wildman–Crippen LogP) is 1.77. The summed E-state index contributed by atoms with van der Waals surface area (Å²) in [4.78, 5) is 48.7. The molecule has 2 aromatic carbocycles. The van der Waals surface area contributed by atoms with E-state index in [1.807, 2.05) is 6.92 Å². The van der Waals surface area contributed by atoms with Gasteiger partial charge >= 0.3 is 11.7 Å². The molecule has 0 atom stereocenters. The minimum absolute atomic E-state index is 0.0801. The van der Waals surface area contributed by atoms with E-state index in [0.717, 1.165) is 16.2 Å². The standard InChI is InChI=1S/C25H23FN4O7/c1-13-5-6-19(36-12-21(31)27-11-23(33)35-4)15(7-13)24-16-9-18(17(26)10-20(16)37-28-24)30-22(32)8-14(2)29(3)25(30)34/h5-10H,11-12H2,1-4H3,(H,27,31).